The second kappa shape index (κ2) is 9.86. The first-order valence-corrected chi connectivity index (χ1v) is 10.2. The normalized spacial score (nSPS) is 16.9. The van der Waals surface area contributed by atoms with Gasteiger partial charge in [-0.25, -0.2) is 0 Å². The van der Waals surface area contributed by atoms with Crippen LogP contribution in [-0.4, -0.2) is 43.2 Å². The van der Waals surface area contributed by atoms with E-state index >= 15 is 0 Å². The van der Waals surface area contributed by atoms with Crippen molar-refractivity contribution >= 4 is 17.2 Å². The molecule has 0 spiro atoms. The second-order valence-corrected chi connectivity index (χ2v) is 8.27. The van der Waals surface area contributed by atoms with Crippen molar-refractivity contribution in [1.29, 1.82) is 0 Å². The number of benzene rings is 1. The highest BCUT2D eigenvalue weighted by molar-refractivity contribution is 7.11. The average molecular weight is 373 g/mol. The Bertz CT molecular complexity index is 680. The summed E-state index contributed by atoms with van der Waals surface area (Å²) < 4.78 is 5.59. The number of carbonyl (C=O) groups excluding carboxylic acids is 1. The number of nitrogens with one attached hydrogen (secondary N) is 1. The van der Waals surface area contributed by atoms with E-state index in [2.05, 4.69) is 53.5 Å². The maximum Gasteiger partial charge on any atom is 0.234 e. The van der Waals surface area contributed by atoms with E-state index in [0.29, 0.717) is 13.1 Å². The molecule has 4 nitrogen and oxygen atoms in total. The zero-order valence-electron chi connectivity index (χ0n) is 15.4. The monoisotopic (exact) mass is 372 g/mol. The molecule has 1 aliphatic rings. The molecule has 3 rings (SSSR count). The van der Waals surface area contributed by atoms with E-state index in [9.17, 15) is 4.79 Å². The molecule has 1 amide bonds. The van der Waals surface area contributed by atoms with E-state index in [4.69, 9.17) is 4.74 Å². The molecule has 1 saturated heterocycles. The van der Waals surface area contributed by atoms with Crippen LogP contribution in [0.3, 0.4) is 0 Å². The summed E-state index contributed by atoms with van der Waals surface area (Å²) in [5, 5.41) is 3.04. The lowest BCUT2D eigenvalue weighted by molar-refractivity contribution is -0.122. The lowest BCUT2D eigenvalue weighted by atomic mass is 10.1. The van der Waals surface area contributed by atoms with Gasteiger partial charge in [0.1, 0.15) is 0 Å². The quantitative estimate of drug-likeness (QED) is 0.734. The standard InChI is InChI=1S/C21H28N2O2S/c1-17-9-10-20(26-17)15-23(12-11-18-6-3-2-4-7-18)16-21(24)22-14-19-8-5-13-25-19/h2-4,6-7,9-10,19H,5,8,11-16H2,1H3,(H,22,24)/t19-/m0/s1. The van der Waals surface area contributed by atoms with Gasteiger partial charge in [0.2, 0.25) is 5.91 Å². The highest BCUT2D eigenvalue weighted by Crippen LogP contribution is 2.17. The number of amides is 1. The molecule has 1 aromatic carbocycles. The summed E-state index contributed by atoms with van der Waals surface area (Å²) >= 11 is 1.81. The van der Waals surface area contributed by atoms with Crippen molar-refractivity contribution < 1.29 is 9.53 Å². The summed E-state index contributed by atoms with van der Waals surface area (Å²) in [4.78, 5) is 17.3. The lowest BCUT2D eigenvalue weighted by Gasteiger charge is -2.22. The van der Waals surface area contributed by atoms with Crippen molar-refractivity contribution in [3.8, 4) is 0 Å². The topological polar surface area (TPSA) is 41.6 Å². The van der Waals surface area contributed by atoms with E-state index < -0.39 is 0 Å². The van der Waals surface area contributed by atoms with E-state index in [1.807, 2.05) is 6.07 Å². The molecule has 1 aromatic heterocycles. The largest absolute Gasteiger partial charge is 0.376 e. The van der Waals surface area contributed by atoms with Crippen molar-refractivity contribution in [2.24, 2.45) is 0 Å². The Hall–Kier alpha value is -1.69. The smallest absolute Gasteiger partial charge is 0.234 e. The molecule has 0 radical (unpaired) electrons. The fraction of sp³-hybridized carbons (Fsp3) is 0.476. The van der Waals surface area contributed by atoms with Gasteiger partial charge >= 0.3 is 0 Å². The van der Waals surface area contributed by atoms with E-state index in [0.717, 1.165) is 39.0 Å². The highest BCUT2D eigenvalue weighted by atomic mass is 32.1. The summed E-state index contributed by atoms with van der Waals surface area (Å²) in [6, 6.07) is 14.8. The number of thiophene rings is 1. The first-order valence-electron chi connectivity index (χ1n) is 9.39. The molecule has 0 unspecified atom stereocenters. The summed E-state index contributed by atoms with van der Waals surface area (Å²) in [5.41, 5.74) is 1.31. The minimum Gasteiger partial charge on any atom is -0.376 e. The van der Waals surface area contributed by atoms with Crippen molar-refractivity contribution in [2.75, 3.05) is 26.2 Å². The fourth-order valence-corrected chi connectivity index (χ4v) is 4.16. The molecule has 1 aliphatic heterocycles. The molecule has 2 heterocycles. The maximum absolute atomic E-state index is 12.4. The van der Waals surface area contributed by atoms with Gasteiger partial charge in [-0.05, 0) is 43.9 Å². The van der Waals surface area contributed by atoms with Gasteiger partial charge < -0.3 is 10.1 Å². The second-order valence-electron chi connectivity index (χ2n) is 6.90. The third kappa shape index (κ3) is 6.24. The fourth-order valence-electron chi connectivity index (χ4n) is 3.23. The van der Waals surface area contributed by atoms with Crippen molar-refractivity contribution in [3.05, 3.63) is 57.8 Å². The maximum atomic E-state index is 12.4. The molecule has 1 atom stereocenters. The van der Waals surface area contributed by atoms with Gasteiger partial charge in [0.25, 0.3) is 0 Å². The number of carbonyl (C=O) groups is 1. The number of hydrogen-bond donors (Lipinski definition) is 1. The Morgan fingerprint density at radius 1 is 1.27 bits per heavy atom. The average Bonchev–Trinajstić information content (AvgIpc) is 3.30. The summed E-state index contributed by atoms with van der Waals surface area (Å²) in [6.45, 7) is 5.69. The van der Waals surface area contributed by atoms with Gasteiger partial charge in [0.15, 0.2) is 0 Å². The van der Waals surface area contributed by atoms with E-state index in [-0.39, 0.29) is 12.0 Å². The van der Waals surface area contributed by atoms with Gasteiger partial charge in [0, 0.05) is 36.0 Å². The Kier molecular flexibility index (Phi) is 7.23. The third-order valence-corrected chi connectivity index (χ3v) is 5.64. The van der Waals surface area contributed by atoms with Gasteiger partial charge in [-0.15, -0.1) is 11.3 Å². The van der Waals surface area contributed by atoms with Gasteiger partial charge in [-0.1, -0.05) is 30.3 Å². The van der Waals surface area contributed by atoms with Crippen LogP contribution in [0, 0.1) is 6.92 Å². The molecule has 140 valence electrons. The van der Waals surface area contributed by atoms with Crippen LogP contribution >= 0.6 is 11.3 Å². The molecular formula is C21H28N2O2S. The zero-order chi connectivity index (χ0) is 18.2. The number of ether oxygens (including phenoxy) is 1. The van der Waals surface area contributed by atoms with Crippen molar-refractivity contribution in [1.82, 2.24) is 10.2 Å². The minimum absolute atomic E-state index is 0.0850. The van der Waals surface area contributed by atoms with Crippen LogP contribution in [0.2, 0.25) is 0 Å². The molecule has 0 aliphatic carbocycles. The third-order valence-electron chi connectivity index (χ3n) is 4.65. The Balaban J connectivity index is 1.53. The zero-order valence-corrected chi connectivity index (χ0v) is 16.3. The lowest BCUT2D eigenvalue weighted by Crippen LogP contribution is -2.40. The predicted octanol–water partition coefficient (Wildman–Crippen LogP) is 3.40. The summed E-state index contributed by atoms with van der Waals surface area (Å²) in [7, 11) is 0. The molecule has 1 fully saturated rings. The van der Waals surface area contributed by atoms with Gasteiger partial charge in [-0.2, -0.15) is 0 Å². The SMILES string of the molecule is Cc1ccc(CN(CCc2ccccc2)CC(=O)NC[C@@H]2CCCO2)s1. The Morgan fingerprint density at radius 3 is 2.81 bits per heavy atom. The van der Waals surface area contributed by atoms with Gasteiger partial charge in [-0.3, -0.25) is 9.69 Å². The van der Waals surface area contributed by atoms with Gasteiger partial charge in [0.05, 0.1) is 12.6 Å². The highest BCUT2D eigenvalue weighted by Gasteiger charge is 2.17. The summed E-state index contributed by atoms with van der Waals surface area (Å²) in [6.07, 6.45) is 3.29. The summed E-state index contributed by atoms with van der Waals surface area (Å²) in [5.74, 6) is 0.0850. The van der Waals surface area contributed by atoms with Crippen LogP contribution in [0.5, 0.6) is 0 Å². The van der Waals surface area contributed by atoms with E-state index in [1.54, 1.807) is 11.3 Å². The molecule has 5 heteroatoms. The number of hydrogen-bond acceptors (Lipinski definition) is 4. The molecule has 0 saturated carbocycles. The molecular weight excluding hydrogens is 344 g/mol. The number of rotatable bonds is 9. The molecule has 26 heavy (non-hydrogen) atoms. The van der Waals surface area contributed by atoms with Crippen LogP contribution in [0.15, 0.2) is 42.5 Å². The van der Waals surface area contributed by atoms with Crippen LogP contribution < -0.4 is 5.32 Å². The van der Waals surface area contributed by atoms with Crippen LogP contribution in [0.25, 0.3) is 0 Å². The van der Waals surface area contributed by atoms with Crippen LogP contribution in [0.1, 0.15) is 28.2 Å². The van der Waals surface area contributed by atoms with Crippen LogP contribution in [-0.2, 0) is 22.5 Å². The van der Waals surface area contributed by atoms with Crippen molar-refractivity contribution in [2.45, 2.75) is 38.8 Å². The first kappa shape index (κ1) is 19.1. The molecule has 1 N–H and O–H groups in total. The molecule has 0 bridgehead atoms. The Labute approximate surface area is 160 Å². The predicted molar refractivity (Wildman–Crippen MR) is 106 cm³/mol. The first-order chi connectivity index (χ1) is 12.7. The van der Waals surface area contributed by atoms with Crippen molar-refractivity contribution in [3.63, 3.8) is 0 Å². The minimum atomic E-state index is 0.0850. The van der Waals surface area contributed by atoms with Crippen LogP contribution in [0.4, 0.5) is 0 Å². The molecule has 2 aromatic rings. The number of nitrogens with zero attached hydrogens (tertiary/aromatic N) is 1. The Morgan fingerprint density at radius 2 is 2.12 bits per heavy atom. The van der Waals surface area contributed by atoms with E-state index in [1.165, 1.54) is 15.3 Å². The number of aryl methyl sites for hydroxylation is 1.